The molecule has 1 aromatic heterocycles. The van der Waals surface area contributed by atoms with Crippen LogP contribution in [0.15, 0.2) is 24.4 Å². The second kappa shape index (κ2) is 3.87. The average Bonchev–Trinajstić information content (AvgIpc) is 2.58. The molecular formula is C12H14FN3. The Morgan fingerprint density at radius 3 is 3.06 bits per heavy atom. The average molecular weight is 219 g/mol. The van der Waals surface area contributed by atoms with Crippen LogP contribution in [0, 0.1) is 11.7 Å². The lowest BCUT2D eigenvalue weighted by Crippen LogP contribution is -2.42. The molecule has 0 spiro atoms. The molecule has 0 bridgehead atoms. The highest BCUT2D eigenvalue weighted by Crippen LogP contribution is 2.17. The fraction of sp³-hybridized carbons (Fsp3) is 0.417. The van der Waals surface area contributed by atoms with Crippen molar-refractivity contribution in [1.29, 1.82) is 0 Å². The number of benzene rings is 1. The SMILES string of the molecule is Fc1ccc2c(cnn2CCC2CNC2)c1. The van der Waals surface area contributed by atoms with Gasteiger partial charge in [0.25, 0.3) is 0 Å². The van der Waals surface area contributed by atoms with Crippen LogP contribution in [-0.4, -0.2) is 22.9 Å². The van der Waals surface area contributed by atoms with Crippen molar-refractivity contribution in [3.8, 4) is 0 Å². The maximum absolute atomic E-state index is 13.0. The first kappa shape index (κ1) is 9.78. The molecule has 0 saturated carbocycles. The molecule has 84 valence electrons. The number of nitrogens with zero attached hydrogens (tertiary/aromatic N) is 2. The Labute approximate surface area is 93.3 Å². The molecule has 0 radical (unpaired) electrons. The molecule has 1 aromatic carbocycles. The molecular weight excluding hydrogens is 205 g/mol. The van der Waals surface area contributed by atoms with Crippen molar-refractivity contribution in [3.63, 3.8) is 0 Å². The number of nitrogens with one attached hydrogen (secondary N) is 1. The van der Waals surface area contributed by atoms with Crippen molar-refractivity contribution in [3.05, 3.63) is 30.2 Å². The van der Waals surface area contributed by atoms with Gasteiger partial charge in [-0.3, -0.25) is 4.68 Å². The molecule has 1 saturated heterocycles. The minimum absolute atomic E-state index is 0.199. The van der Waals surface area contributed by atoms with Crippen LogP contribution in [0.3, 0.4) is 0 Å². The lowest BCUT2D eigenvalue weighted by molar-refractivity contribution is 0.308. The Morgan fingerprint density at radius 1 is 1.44 bits per heavy atom. The number of halogens is 1. The van der Waals surface area contributed by atoms with E-state index in [-0.39, 0.29) is 5.82 Å². The zero-order valence-corrected chi connectivity index (χ0v) is 8.99. The van der Waals surface area contributed by atoms with Crippen LogP contribution in [0.4, 0.5) is 4.39 Å². The molecule has 1 aliphatic heterocycles. The minimum Gasteiger partial charge on any atom is -0.316 e. The molecule has 4 heteroatoms. The van der Waals surface area contributed by atoms with Gasteiger partial charge in [0, 0.05) is 11.9 Å². The van der Waals surface area contributed by atoms with Gasteiger partial charge in [-0.25, -0.2) is 4.39 Å². The molecule has 0 aliphatic carbocycles. The topological polar surface area (TPSA) is 29.9 Å². The van der Waals surface area contributed by atoms with Crippen LogP contribution in [0.25, 0.3) is 10.9 Å². The maximum Gasteiger partial charge on any atom is 0.124 e. The highest BCUT2D eigenvalue weighted by atomic mass is 19.1. The van der Waals surface area contributed by atoms with Crippen molar-refractivity contribution in [2.75, 3.05) is 13.1 Å². The summed E-state index contributed by atoms with van der Waals surface area (Å²) in [4.78, 5) is 0. The molecule has 0 unspecified atom stereocenters. The summed E-state index contributed by atoms with van der Waals surface area (Å²) >= 11 is 0. The summed E-state index contributed by atoms with van der Waals surface area (Å²) in [6.07, 6.45) is 2.87. The number of aromatic nitrogens is 2. The van der Waals surface area contributed by atoms with Crippen LogP contribution in [0.2, 0.25) is 0 Å². The van der Waals surface area contributed by atoms with Crippen molar-refractivity contribution >= 4 is 10.9 Å². The van der Waals surface area contributed by atoms with Gasteiger partial charge in [0.15, 0.2) is 0 Å². The normalized spacial score (nSPS) is 16.6. The first-order valence-electron chi connectivity index (χ1n) is 5.65. The van der Waals surface area contributed by atoms with E-state index in [0.29, 0.717) is 0 Å². The molecule has 1 N–H and O–H groups in total. The number of hydrogen-bond acceptors (Lipinski definition) is 2. The lowest BCUT2D eigenvalue weighted by Gasteiger charge is -2.26. The third-order valence-corrected chi connectivity index (χ3v) is 3.22. The summed E-state index contributed by atoms with van der Waals surface area (Å²) in [7, 11) is 0. The Balaban J connectivity index is 1.80. The summed E-state index contributed by atoms with van der Waals surface area (Å²) in [6, 6.07) is 4.83. The molecule has 0 atom stereocenters. The molecule has 2 aromatic rings. The number of hydrogen-bond donors (Lipinski definition) is 1. The first-order valence-corrected chi connectivity index (χ1v) is 5.65. The van der Waals surface area contributed by atoms with E-state index in [1.807, 2.05) is 4.68 Å². The van der Waals surface area contributed by atoms with Crippen LogP contribution in [-0.2, 0) is 6.54 Å². The van der Waals surface area contributed by atoms with E-state index >= 15 is 0 Å². The Bertz CT molecular complexity index is 502. The Morgan fingerprint density at radius 2 is 2.31 bits per heavy atom. The second-order valence-electron chi connectivity index (χ2n) is 4.38. The predicted molar refractivity (Wildman–Crippen MR) is 60.7 cm³/mol. The summed E-state index contributed by atoms with van der Waals surface area (Å²) in [5.74, 6) is 0.579. The molecule has 1 fully saturated rings. The fourth-order valence-electron chi connectivity index (χ4n) is 2.09. The van der Waals surface area contributed by atoms with E-state index in [4.69, 9.17) is 0 Å². The molecule has 16 heavy (non-hydrogen) atoms. The second-order valence-corrected chi connectivity index (χ2v) is 4.38. The smallest absolute Gasteiger partial charge is 0.124 e. The van der Waals surface area contributed by atoms with E-state index in [0.717, 1.165) is 42.9 Å². The standard InChI is InChI=1S/C12H14FN3/c13-11-1-2-12-10(5-11)8-15-16(12)4-3-9-6-14-7-9/h1-2,5,8-9,14H,3-4,6-7H2. The van der Waals surface area contributed by atoms with E-state index < -0.39 is 0 Å². The van der Waals surface area contributed by atoms with Gasteiger partial charge < -0.3 is 5.32 Å². The van der Waals surface area contributed by atoms with E-state index in [2.05, 4.69) is 10.4 Å². The highest BCUT2D eigenvalue weighted by molar-refractivity contribution is 5.78. The van der Waals surface area contributed by atoms with Gasteiger partial charge in [-0.15, -0.1) is 0 Å². The summed E-state index contributed by atoms with van der Waals surface area (Å²) < 4.78 is 14.9. The van der Waals surface area contributed by atoms with E-state index in [9.17, 15) is 4.39 Å². The van der Waals surface area contributed by atoms with Crippen molar-refractivity contribution in [1.82, 2.24) is 15.1 Å². The van der Waals surface area contributed by atoms with Gasteiger partial charge in [0.05, 0.1) is 11.7 Å². The number of rotatable bonds is 3. The molecule has 0 amide bonds. The number of fused-ring (bicyclic) bond motifs is 1. The maximum atomic E-state index is 13.0. The predicted octanol–water partition coefficient (Wildman–Crippen LogP) is 1.78. The van der Waals surface area contributed by atoms with Gasteiger partial charge in [-0.05, 0) is 43.6 Å². The molecule has 3 rings (SSSR count). The van der Waals surface area contributed by atoms with Crippen molar-refractivity contribution in [2.24, 2.45) is 5.92 Å². The molecule has 3 nitrogen and oxygen atoms in total. The largest absolute Gasteiger partial charge is 0.316 e. The van der Waals surface area contributed by atoms with Gasteiger partial charge in [-0.1, -0.05) is 0 Å². The van der Waals surface area contributed by atoms with Crippen LogP contribution < -0.4 is 5.32 Å². The summed E-state index contributed by atoms with van der Waals surface area (Å²) in [6.45, 7) is 3.16. The summed E-state index contributed by atoms with van der Waals surface area (Å²) in [5.41, 5.74) is 1.02. The lowest BCUT2D eigenvalue weighted by atomic mass is 10.00. The minimum atomic E-state index is -0.199. The number of aryl methyl sites for hydroxylation is 1. The zero-order chi connectivity index (χ0) is 11.0. The monoisotopic (exact) mass is 219 g/mol. The molecule has 2 heterocycles. The quantitative estimate of drug-likeness (QED) is 0.852. The van der Waals surface area contributed by atoms with Crippen molar-refractivity contribution < 1.29 is 4.39 Å². The van der Waals surface area contributed by atoms with Crippen LogP contribution in [0.1, 0.15) is 6.42 Å². The Kier molecular flexibility index (Phi) is 2.36. The van der Waals surface area contributed by atoms with Gasteiger partial charge in [0.1, 0.15) is 5.82 Å². The first-order chi connectivity index (χ1) is 7.83. The van der Waals surface area contributed by atoms with Gasteiger partial charge in [0.2, 0.25) is 0 Å². The Hall–Kier alpha value is -1.42. The van der Waals surface area contributed by atoms with Crippen LogP contribution in [0.5, 0.6) is 0 Å². The van der Waals surface area contributed by atoms with E-state index in [1.54, 1.807) is 12.3 Å². The van der Waals surface area contributed by atoms with Gasteiger partial charge >= 0.3 is 0 Å². The third kappa shape index (κ3) is 1.69. The van der Waals surface area contributed by atoms with Crippen molar-refractivity contribution in [2.45, 2.75) is 13.0 Å². The van der Waals surface area contributed by atoms with E-state index in [1.165, 1.54) is 12.1 Å². The van der Waals surface area contributed by atoms with Crippen LogP contribution >= 0.6 is 0 Å². The highest BCUT2D eigenvalue weighted by Gasteiger charge is 2.16. The van der Waals surface area contributed by atoms with Gasteiger partial charge in [-0.2, -0.15) is 5.10 Å². The summed E-state index contributed by atoms with van der Waals surface area (Å²) in [5, 5.41) is 8.43. The third-order valence-electron chi connectivity index (χ3n) is 3.22. The fourth-order valence-corrected chi connectivity index (χ4v) is 2.09. The zero-order valence-electron chi connectivity index (χ0n) is 8.99. The molecule has 1 aliphatic rings.